The van der Waals surface area contributed by atoms with Crippen LogP contribution in [0.25, 0.3) is 4.96 Å². The normalized spacial score (nSPS) is 12.4. The van der Waals surface area contributed by atoms with Crippen LogP contribution in [0.3, 0.4) is 0 Å². The average Bonchev–Trinajstić information content (AvgIpc) is 3.29. The zero-order chi connectivity index (χ0) is 18.6. The van der Waals surface area contributed by atoms with Crippen LogP contribution in [0.1, 0.15) is 47.6 Å². The quantitative estimate of drug-likeness (QED) is 0.467. The molecule has 0 N–H and O–H groups in total. The molecule has 0 amide bonds. The van der Waals surface area contributed by atoms with E-state index >= 15 is 0 Å². The van der Waals surface area contributed by atoms with Crippen LogP contribution in [0.2, 0.25) is 0 Å². The Morgan fingerprint density at radius 2 is 1.81 bits per heavy atom. The van der Waals surface area contributed by atoms with Crippen molar-refractivity contribution in [2.24, 2.45) is 0 Å². The highest BCUT2D eigenvalue weighted by Crippen LogP contribution is 2.32. The zero-order valence-electron chi connectivity index (χ0n) is 15.5. The fraction of sp³-hybridized carbons (Fsp3) is 0.286. The van der Waals surface area contributed by atoms with Crippen LogP contribution in [-0.2, 0) is 6.42 Å². The van der Waals surface area contributed by atoms with E-state index in [4.69, 9.17) is 9.84 Å². The number of aromatic nitrogens is 4. The van der Waals surface area contributed by atoms with Gasteiger partial charge in [-0.2, -0.15) is 9.61 Å². The highest BCUT2D eigenvalue weighted by atomic mass is 32.1. The summed E-state index contributed by atoms with van der Waals surface area (Å²) in [6.45, 7) is 2.21. The fourth-order valence-corrected chi connectivity index (χ4v) is 4.28. The molecule has 2 heterocycles. The van der Waals surface area contributed by atoms with Crippen LogP contribution in [0.4, 0.5) is 0 Å². The van der Waals surface area contributed by atoms with E-state index in [2.05, 4.69) is 59.6 Å². The first-order valence-corrected chi connectivity index (χ1v) is 9.99. The lowest BCUT2D eigenvalue weighted by Crippen LogP contribution is -2.03. The molecule has 0 unspecified atom stereocenters. The lowest BCUT2D eigenvalue weighted by molar-refractivity contribution is 0.414. The molecule has 0 saturated heterocycles. The van der Waals surface area contributed by atoms with Crippen LogP contribution >= 0.6 is 11.3 Å². The van der Waals surface area contributed by atoms with Crippen molar-refractivity contribution in [3.8, 4) is 5.75 Å². The number of methoxy groups -OCH3 is 1. The van der Waals surface area contributed by atoms with E-state index < -0.39 is 0 Å². The zero-order valence-corrected chi connectivity index (χ0v) is 16.3. The molecule has 1 atom stereocenters. The summed E-state index contributed by atoms with van der Waals surface area (Å²) in [6, 6.07) is 18.6. The van der Waals surface area contributed by atoms with E-state index in [9.17, 15) is 0 Å². The van der Waals surface area contributed by atoms with E-state index in [-0.39, 0.29) is 0 Å². The van der Waals surface area contributed by atoms with Crippen molar-refractivity contribution in [2.45, 2.75) is 32.1 Å². The van der Waals surface area contributed by atoms with Gasteiger partial charge in [-0.3, -0.25) is 0 Å². The molecule has 0 spiro atoms. The summed E-state index contributed by atoms with van der Waals surface area (Å²) in [6.07, 6.45) is 2.87. The van der Waals surface area contributed by atoms with Gasteiger partial charge in [0.1, 0.15) is 10.8 Å². The first-order chi connectivity index (χ1) is 13.3. The molecule has 0 radical (unpaired) electrons. The Labute approximate surface area is 162 Å². The number of hydrogen-bond acceptors (Lipinski definition) is 5. The lowest BCUT2D eigenvalue weighted by Gasteiger charge is -2.13. The summed E-state index contributed by atoms with van der Waals surface area (Å²) in [7, 11) is 1.67. The smallest absolute Gasteiger partial charge is 0.234 e. The molecule has 27 heavy (non-hydrogen) atoms. The van der Waals surface area contributed by atoms with Gasteiger partial charge < -0.3 is 4.74 Å². The van der Waals surface area contributed by atoms with Crippen LogP contribution < -0.4 is 4.74 Å². The number of hydrogen-bond donors (Lipinski definition) is 0. The van der Waals surface area contributed by atoms with Gasteiger partial charge in [-0.25, -0.2) is 0 Å². The third kappa shape index (κ3) is 3.71. The van der Waals surface area contributed by atoms with Crippen molar-refractivity contribution in [1.82, 2.24) is 19.8 Å². The Hall–Kier alpha value is -2.73. The van der Waals surface area contributed by atoms with Crippen molar-refractivity contribution in [1.29, 1.82) is 0 Å². The molecule has 6 heteroatoms. The van der Waals surface area contributed by atoms with E-state index in [0.717, 1.165) is 39.9 Å². The molecule has 0 aliphatic heterocycles. The van der Waals surface area contributed by atoms with E-state index in [1.54, 1.807) is 18.4 Å². The SMILES string of the molecule is CCC[C@@H](c1ccccc1)c1nn2c(Cc3ccc(OC)cc3)nnc2s1. The van der Waals surface area contributed by atoms with Gasteiger partial charge in [-0.05, 0) is 29.7 Å². The summed E-state index contributed by atoms with van der Waals surface area (Å²) in [5.41, 5.74) is 2.47. The molecular weight excluding hydrogens is 356 g/mol. The predicted molar refractivity (Wildman–Crippen MR) is 108 cm³/mol. The first kappa shape index (κ1) is 17.7. The minimum absolute atomic E-state index is 0.303. The molecule has 4 rings (SSSR count). The standard InChI is InChI=1S/C21H22N4OS/c1-3-7-18(16-8-5-4-6-9-16)20-24-25-19(22-23-21(25)27-20)14-15-10-12-17(26-2)13-11-15/h4-6,8-13,18H,3,7,14H2,1-2H3/t18-/m0/s1. The molecule has 2 aromatic carbocycles. The summed E-state index contributed by atoms with van der Waals surface area (Å²) in [5.74, 6) is 2.02. The van der Waals surface area contributed by atoms with Gasteiger partial charge in [-0.15, -0.1) is 10.2 Å². The maximum atomic E-state index is 5.23. The highest BCUT2D eigenvalue weighted by molar-refractivity contribution is 7.16. The highest BCUT2D eigenvalue weighted by Gasteiger charge is 2.20. The number of nitrogens with zero attached hydrogens (tertiary/aromatic N) is 4. The van der Waals surface area contributed by atoms with Gasteiger partial charge in [0.25, 0.3) is 0 Å². The molecule has 5 nitrogen and oxygen atoms in total. The predicted octanol–water partition coefficient (Wildman–Crippen LogP) is 4.72. The van der Waals surface area contributed by atoms with Crippen LogP contribution in [-0.4, -0.2) is 26.9 Å². The number of rotatable bonds is 7. The Bertz CT molecular complexity index is 1010. The molecule has 0 bridgehead atoms. The molecule has 2 aromatic heterocycles. The summed E-state index contributed by atoms with van der Waals surface area (Å²) in [4.78, 5) is 0.852. The molecule has 138 valence electrons. The monoisotopic (exact) mass is 378 g/mol. The summed E-state index contributed by atoms with van der Waals surface area (Å²) >= 11 is 1.64. The second-order valence-corrected chi connectivity index (χ2v) is 7.52. The number of ether oxygens (including phenoxy) is 1. The third-order valence-electron chi connectivity index (χ3n) is 4.67. The average molecular weight is 379 g/mol. The Kier molecular flexibility index (Phi) is 5.16. The van der Waals surface area contributed by atoms with Gasteiger partial charge in [0.05, 0.1) is 7.11 Å². The number of fused-ring (bicyclic) bond motifs is 1. The third-order valence-corrected chi connectivity index (χ3v) is 5.68. The second kappa shape index (κ2) is 7.88. The maximum Gasteiger partial charge on any atom is 0.234 e. The van der Waals surface area contributed by atoms with Crippen LogP contribution in [0.15, 0.2) is 54.6 Å². The Morgan fingerprint density at radius 1 is 1.04 bits per heavy atom. The summed E-state index contributed by atoms with van der Waals surface area (Å²) in [5, 5.41) is 14.7. The molecule has 0 aliphatic carbocycles. The first-order valence-electron chi connectivity index (χ1n) is 9.17. The molecular formula is C21H22N4OS. The Morgan fingerprint density at radius 3 is 2.52 bits per heavy atom. The van der Waals surface area contributed by atoms with Gasteiger partial charge in [0.2, 0.25) is 4.96 Å². The fourth-order valence-electron chi connectivity index (χ4n) is 3.26. The Balaban J connectivity index is 1.64. The van der Waals surface area contributed by atoms with Gasteiger partial charge in [0.15, 0.2) is 5.82 Å². The summed E-state index contributed by atoms with van der Waals surface area (Å²) < 4.78 is 7.12. The van der Waals surface area contributed by atoms with Gasteiger partial charge in [0, 0.05) is 12.3 Å². The van der Waals surface area contributed by atoms with E-state index in [1.165, 1.54) is 5.56 Å². The molecule has 0 saturated carbocycles. The van der Waals surface area contributed by atoms with Crippen molar-refractivity contribution in [3.05, 3.63) is 76.6 Å². The molecule has 4 aromatic rings. The topological polar surface area (TPSA) is 52.3 Å². The minimum Gasteiger partial charge on any atom is -0.497 e. The van der Waals surface area contributed by atoms with E-state index in [0.29, 0.717) is 12.3 Å². The van der Waals surface area contributed by atoms with Gasteiger partial charge in [-0.1, -0.05) is 67.1 Å². The van der Waals surface area contributed by atoms with Crippen LogP contribution in [0, 0.1) is 0 Å². The van der Waals surface area contributed by atoms with Crippen molar-refractivity contribution in [2.75, 3.05) is 7.11 Å². The number of benzene rings is 2. The largest absolute Gasteiger partial charge is 0.497 e. The molecule has 0 fully saturated rings. The van der Waals surface area contributed by atoms with E-state index in [1.807, 2.05) is 16.6 Å². The maximum absolute atomic E-state index is 5.23. The van der Waals surface area contributed by atoms with Crippen molar-refractivity contribution >= 4 is 16.3 Å². The molecule has 0 aliphatic rings. The minimum atomic E-state index is 0.303. The lowest BCUT2D eigenvalue weighted by atomic mass is 9.95. The second-order valence-electron chi connectivity index (χ2n) is 6.53. The van der Waals surface area contributed by atoms with Crippen molar-refractivity contribution < 1.29 is 4.74 Å². The van der Waals surface area contributed by atoms with Crippen LogP contribution in [0.5, 0.6) is 5.75 Å². The van der Waals surface area contributed by atoms with Crippen molar-refractivity contribution in [3.63, 3.8) is 0 Å². The van der Waals surface area contributed by atoms with Gasteiger partial charge >= 0.3 is 0 Å².